The van der Waals surface area contributed by atoms with Crippen LogP contribution >= 0.6 is 0 Å². The lowest BCUT2D eigenvalue weighted by atomic mass is 9.67. The van der Waals surface area contributed by atoms with Gasteiger partial charge in [0.25, 0.3) is 0 Å². The molecule has 1 aromatic rings. The number of rotatable bonds is 2. The van der Waals surface area contributed by atoms with Crippen molar-refractivity contribution in [3.05, 3.63) is 42.0 Å². The Morgan fingerprint density at radius 2 is 2.00 bits per heavy atom. The van der Waals surface area contributed by atoms with E-state index in [1.807, 2.05) is 39.0 Å². The van der Waals surface area contributed by atoms with Crippen LogP contribution in [0.25, 0.3) is 6.08 Å². The number of ether oxygens (including phenoxy) is 1. The minimum Gasteiger partial charge on any atom is -0.444 e. The Labute approximate surface area is 132 Å². The van der Waals surface area contributed by atoms with Gasteiger partial charge in [-0.05, 0) is 26.3 Å². The van der Waals surface area contributed by atoms with Crippen LogP contribution in [0.5, 0.6) is 0 Å². The Hall–Kier alpha value is -1.81. The van der Waals surface area contributed by atoms with Crippen molar-refractivity contribution in [2.24, 2.45) is 5.41 Å². The van der Waals surface area contributed by atoms with Gasteiger partial charge in [-0.25, -0.2) is 4.79 Å². The van der Waals surface area contributed by atoms with Gasteiger partial charge in [0.2, 0.25) is 0 Å². The molecule has 1 spiro atoms. The van der Waals surface area contributed by atoms with Gasteiger partial charge in [-0.3, -0.25) is 0 Å². The number of hydrogen-bond donors (Lipinski definition) is 1. The molecule has 1 atom stereocenters. The second-order valence-corrected chi connectivity index (χ2v) is 7.33. The maximum Gasteiger partial charge on any atom is 0.410 e. The Morgan fingerprint density at radius 1 is 1.32 bits per heavy atom. The molecule has 4 heteroatoms. The number of carbonyl (C=O) groups is 1. The van der Waals surface area contributed by atoms with Crippen molar-refractivity contribution in [3.63, 3.8) is 0 Å². The van der Waals surface area contributed by atoms with E-state index in [0.29, 0.717) is 6.04 Å². The van der Waals surface area contributed by atoms with Crippen LogP contribution in [0.4, 0.5) is 4.79 Å². The van der Waals surface area contributed by atoms with Crippen LogP contribution in [-0.2, 0) is 4.74 Å². The van der Waals surface area contributed by atoms with Crippen molar-refractivity contribution in [3.8, 4) is 0 Å². The second kappa shape index (κ2) is 5.43. The van der Waals surface area contributed by atoms with E-state index in [1.165, 1.54) is 5.56 Å². The third kappa shape index (κ3) is 3.02. The summed E-state index contributed by atoms with van der Waals surface area (Å²) in [6.07, 6.45) is 4.16. The smallest absolute Gasteiger partial charge is 0.410 e. The average Bonchev–Trinajstić information content (AvgIpc) is 2.35. The summed E-state index contributed by atoms with van der Waals surface area (Å²) in [5.74, 6) is 0. The molecule has 4 nitrogen and oxygen atoms in total. The summed E-state index contributed by atoms with van der Waals surface area (Å²) < 4.78 is 5.42. The summed E-state index contributed by atoms with van der Waals surface area (Å²) in [5.41, 5.74) is 0.974. The van der Waals surface area contributed by atoms with Gasteiger partial charge in [0.15, 0.2) is 0 Å². The van der Waals surface area contributed by atoms with Crippen molar-refractivity contribution in [1.29, 1.82) is 0 Å². The molecule has 2 aliphatic rings. The lowest BCUT2D eigenvalue weighted by molar-refractivity contribution is -0.0722. The second-order valence-electron chi connectivity index (χ2n) is 7.33. The van der Waals surface area contributed by atoms with E-state index in [1.54, 1.807) is 4.90 Å². The zero-order chi connectivity index (χ0) is 15.8. The molecular formula is C18H24N2O2. The number of nitrogens with one attached hydrogen (secondary N) is 1. The fraction of sp³-hybridized carbons (Fsp3) is 0.500. The number of hydrogen-bond acceptors (Lipinski definition) is 3. The van der Waals surface area contributed by atoms with Gasteiger partial charge < -0.3 is 15.0 Å². The zero-order valence-electron chi connectivity index (χ0n) is 13.5. The number of amides is 1. The Kier molecular flexibility index (Phi) is 3.73. The first-order valence-electron chi connectivity index (χ1n) is 7.83. The minimum atomic E-state index is -0.426. The topological polar surface area (TPSA) is 41.6 Å². The van der Waals surface area contributed by atoms with Crippen molar-refractivity contribution >= 4 is 12.2 Å². The van der Waals surface area contributed by atoms with Gasteiger partial charge in [0.05, 0.1) is 0 Å². The molecule has 1 aromatic carbocycles. The highest BCUT2D eigenvalue weighted by Crippen LogP contribution is 2.40. The Bertz CT molecular complexity index is 568. The van der Waals surface area contributed by atoms with Crippen molar-refractivity contribution in [2.45, 2.75) is 32.4 Å². The summed E-state index contributed by atoms with van der Waals surface area (Å²) >= 11 is 0. The highest BCUT2D eigenvalue weighted by atomic mass is 16.6. The fourth-order valence-electron chi connectivity index (χ4n) is 3.03. The van der Waals surface area contributed by atoms with Crippen LogP contribution in [0.1, 0.15) is 26.3 Å². The Balaban J connectivity index is 1.54. The normalized spacial score (nSPS) is 23.2. The number of likely N-dealkylation sites (tertiary alicyclic amines) is 1. The van der Waals surface area contributed by atoms with Gasteiger partial charge in [0, 0.05) is 31.1 Å². The monoisotopic (exact) mass is 300 g/mol. The summed E-state index contributed by atoms with van der Waals surface area (Å²) in [7, 11) is 0. The van der Waals surface area contributed by atoms with Gasteiger partial charge >= 0.3 is 6.09 Å². The summed E-state index contributed by atoms with van der Waals surface area (Å²) in [6.45, 7) is 8.22. The van der Waals surface area contributed by atoms with Crippen LogP contribution in [-0.4, -0.2) is 42.3 Å². The first-order chi connectivity index (χ1) is 10.4. The highest BCUT2D eigenvalue weighted by Gasteiger charge is 2.55. The lowest BCUT2D eigenvalue weighted by Crippen LogP contribution is -2.76. The first kappa shape index (κ1) is 15.1. The van der Waals surface area contributed by atoms with E-state index in [9.17, 15) is 4.79 Å². The molecule has 2 fully saturated rings. The number of benzene rings is 1. The van der Waals surface area contributed by atoms with Crippen molar-refractivity contribution in [2.75, 3.05) is 19.6 Å². The summed E-state index contributed by atoms with van der Waals surface area (Å²) in [4.78, 5) is 13.8. The first-order valence-corrected chi connectivity index (χ1v) is 7.83. The molecule has 1 N–H and O–H groups in total. The number of carbonyl (C=O) groups excluding carboxylic acids is 1. The molecule has 2 heterocycles. The van der Waals surface area contributed by atoms with E-state index in [0.717, 1.165) is 19.6 Å². The minimum absolute atomic E-state index is 0.197. The molecule has 0 aromatic heterocycles. The van der Waals surface area contributed by atoms with Gasteiger partial charge in [0.1, 0.15) is 5.60 Å². The molecule has 0 saturated carbocycles. The SMILES string of the molecule is CC(C)(C)OC(=O)N1CC2(CNC2/C=C/c2ccccc2)C1. The molecule has 1 unspecified atom stereocenters. The largest absolute Gasteiger partial charge is 0.444 e. The van der Waals surface area contributed by atoms with Gasteiger partial charge in [-0.15, -0.1) is 0 Å². The lowest BCUT2D eigenvalue weighted by Gasteiger charge is -2.59. The van der Waals surface area contributed by atoms with Gasteiger partial charge in [-0.1, -0.05) is 42.5 Å². The average molecular weight is 300 g/mol. The van der Waals surface area contributed by atoms with Crippen molar-refractivity contribution < 1.29 is 9.53 Å². The van der Waals surface area contributed by atoms with E-state index in [2.05, 4.69) is 29.6 Å². The molecule has 22 heavy (non-hydrogen) atoms. The molecule has 1 amide bonds. The van der Waals surface area contributed by atoms with E-state index in [4.69, 9.17) is 4.74 Å². The Morgan fingerprint density at radius 3 is 2.55 bits per heavy atom. The molecule has 0 bridgehead atoms. The highest BCUT2D eigenvalue weighted by molar-refractivity contribution is 5.70. The van der Waals surface area contributed by atoms with Crippen LogP contribution in [0, 0.1) is 5.41 Å². The predicted molar refractivity (Wildman–Crippen MR) is 87.5 cm³/mol. The predicted octanol–water partition coefficient (Wildman–Crippen LogP) is 2.91. The maximum absolute atomic E-state index is 12.0. The van der Waals surface area contributed by atoms with Gasteiger partial charge in [-0.2, -0.15) is 0 Å². The van der Waals surface area contributed by atoms with Crippen LogP contribution in [0.2, 0.25) is 0 Å². The molecular weight excluding hydrogens is 276 g/mol. The third-order valence-electron chi connectivity index (χ3n) is 4.28. The van der Waals surface area contributed by atoms with Crippen molar-refractivity contribution in [1.82, 2.24) is 10.2 Å². The maximum atomic E-state index is 12.0. The molecule has 3 rings (SSSR count). The van der Waals surface area contributed by atoms with Crippen LogP contribution in [0.3, 0.4) is 0 Å². The molecule has 2 aliphatic heterocycles. The van der Waals surface area contributed by atoms with E-state index < -0.39 is 5.60 Å². The summed E-state index contributed by atoms with van der Waals surface area (Å²) in [5, 5.41) is 3.45. The molecule has 0 radical (unpaired) electrons. The molecule has 0 aliphatic carbocycles. The van der Waals surface area contributed by atoms with E-state index >= 15 is 0 Å². The third-order valence-corrected chi connectivity index (χ3v) is 4.28. The number of nitrogens with zero attached hydrogens (tertiary/aromatic N) is 1. The fourth-order valence-corrected chi connectivity index (χ4v) is 3.03. The molecule has 118 valence electrons. The molecule has 2 saturated heterocycles. The standard InChI is InChI=1S/C18H24N2O2/c1-17(2,3)22-16(21)20-12-18(13-20)11-19-15(18)10-9-14-7-5-4-6-8-14/h4-10,15,19H,11-13H2,1-3H3/b10-9+. The van der Waals surface area contributed by atoms with Crippen LogP contribution < -0.4 is 5.32 Å². The summed E-state index contributed by atoms with van der Waals surface area (Å²) in [6, 6.07) is 10.6. The van der Waals surface area contributed by atoms with E-state index in [-0.39, 0.29) is 11.5 Å². The quantitative estimate of drug-likeness (QED) is 0.913. The van der Waals surface area contributed by atoms with Crippen LogP contribution in [0.15, 0.2) is 36.4 Å². The zero-order valence-corrected chi connectivity index (χ0v) is 13.5.